The summed E-state index contributed by atoms with van der Waals surface area (Å²) < 4.78 is 25.2. The second-order valence-corrected chi connectivity index (χ2v) is 11.1. The van der Waals surface area contributed by atoms with Gasteiger partial charge in [-0.2, -0.15) is 0 Å². The Kier molecular flexibility index (Phi) is 7.88. The number of morpholine rings is 1. The molecule has 5 rings (SSSR count). The van der Waals surface area contributed by atoms with Crippen LogP contribution in [0.2, 0.25) is 4.34 Å². The van der Waals surface area contributed by atoms with Gasteiger partial charge in [-0.15, -0.1) is 11.3 Å². The molecule has 204 valence electrons. The number of ether oxygens (including phenoxy) is 2. The summed E-state index contributed by atoms with van der Waals surface area (Å²) in [4.78, 5) is 44.5. The highest BCUT2D eigenvalue weighted by atomic mass is 35.5. The standard InChI is InChI=1S/C28H26ClFN2O6S/c1-37-19-4-2-3-17(15-19)22-23(26(33)20-9-10-21(29)39-20)24(16-5-7-18(30)8-6-16)32(25(22)27(34)35)28(36)31-11-13-38-14-12-31/h2-10,15,22-25H,11-14H2,1H3,(H,34,35). The van der Waals surface area contributed by atoms with E-state index in [4.69, 9.17) is 21.1 Å². The molecule has 0 saturated carbocycles. The maximum absolute atomic E-state index is 14.2. The molecular formula is C28H26ClFN2O6S. The number of nitrogens with zero attached hydrogens (tertiary/aromatic N) is 2. The van der Waals surface area contributed by atoms with Crippen LogP contribution in [0.25, 0.3) is 0 Å². The van der Waals surface area contributed by atoms with E-state index < -0.39 is 41.7 Å². The lowest BCUT2D eigenvalue weighted by molar-refractivity contribution is -0.142. The first kappa shape index (κ1) is 27.1. The number of aliphatic carboxylic acids is 1. The molecule has 1 aromatic heterocycles. The Morgan fingerprint density at radius 3 is 2.38 bits per heavy atom. The number of benzene rings is 2. The van der Waals surface area contributed by atoms with E-state index in [9.17, 15) is 23.9 Å². The van der Waals surface area contributed by atoms with Crippen LogP contribution in [0.1, 0.15) is 32.8 Å². The summed E-state index contributed by atoms with van der Waals surface area (Å²) in [7, 11) is 1.49. The highest BCUT2D eigenvalue weighted by Crippen LogP contribution is 2.52. The Morgan fingerprint density at radius 1 is 1.05 bits per heavy atom. The number of carboxylic acids is 1. The van der Waals surface area contributed by atoms with Gasteiger partial charge in [0.25, 0.3) is 0 Å². The molecule has 2 aromatic carbocycles. The summed E-state index contributed by atoms with van der Waals surface area (Å²) in [5.74, 6) is -3.56. The molecule has 2 amide bonds. The van der Waals surface area contributed by atoms with Gasteiger partial charge in [0.2, 0.25) is 0 Å². The summed E-state index contributed by atoms with van der Waals surface area (Å²) in [5.41, 5.74) is 0.989. The SMILES string of the molecule is COc1cccc(C2C(C(=O)c3ccc(Cl)s3)C(c3ccc(F)cc3)N(C(=O)N3CCOCC3)C2C(=O)O)c1. The first-order valence-electron chi connectivity index (χ1n) is 12.4. The van der Waals surface area contributed by atoms with E-state index in [-0.39, 0.29) is 18.9 Å². The van der Waals surface area contributed by atoms with Crippen LogP contribution in [-0.4, -0.2) is 72.1 Å². The van der Waals surface area contributed by atoms with Crippen molar-refractivity contribution in [3.05, 3.63) is 86.8 Å². The molecule has 0 bridgehead atoms. The number of ketones is 1. The quantitative estimate of drug-likeness (QED) is 0.413. The average Bonchev–Trinajstić information content (AvgIpc) is 3.55. The van der Waals surface area contributed by atoms with Crippen LogP contribution in [0.5, 0.6) is 5.75 Å². The van der Waals surface area contributed by atoms with Crippen molar-refractivity contribution in [2.75, 3.05) is 33.4 Å². The van der Waals surface area contributed by atoms with Gasteiger partial charge in [-0.05, 0) is 47.5 Å². The molecule has 2 aliphatic heterocycles. The van der Waals surface area contributed by atoms with Crippen molar-refractivity contribution < 1.29 is 33.4 Å². The van der Waals surface area contributed by atoms with Gasteiger partial charge in [0.1, 0.15) is 17.6 Å². The molecule has 2 saturated heterocycles. The minimum Gasteiger partial charge on any atom is -0.497 e. The lowest BCUT2D eigenvalue weighted by Crippen LogP contribution is -2.52. The van der Waals surface area contributed by atoms with Gasteiger partial charge in [0, 0.05) is 19.0 Å². The smallest absolute Gasteiger partial charge is 0.327 e. The second kappa shape index (κ2) is 11.3. The van der Waals surface area contributed by atoms with Crippen LogP contribution >= 0.6 is 22.9 Å². The zero-order valence-electron chi connectivity index (χ0n) is 21.0. The van der Waals surface area contributed by atoms with Crippen molar-refractivity contribution in [2.24, 2.45) is 5.92 Å². The van der Waals surface area contributed by atoms with E-state index in [0.717, 1.165) is 11.3 Å². The number of carbonyl (C=O) groups excluding carboxylic acids is 2. The molecule has 4 atom stereocenters. The number of hydrogen-bond donors (Lipinski definition) is 1. The van der Waals surface area contributed by atoms with E-state index in [0.29, 0.717) is 39.3 Å². The Balaban J connectivity index is 1.74. The zero-order chi connectivity index (χ0) is 27.7. The fraction of sp³-hybridized carbons (Fsp3) is 0.321. The first-order chi connectivity index (χ1) is 18.8. The number of hydrogen-bond acceptors (Lipinski definition) is 6. The molecule has 8 nitrogen and oxygen atoms in total. The highest BCUT2D eigenvalue weighted by molar-refractivity contribution is 7.18. The van der Waals surface area contributed by atoms with Crippen LogP contribution in [-0.2, 0) is 9.53 Å². The molecule has 2 fully saturated rings. The topological polar surface area (TPSA) is 96.4 Å². The number of likely N-dealkylation sites (tertiary alicyclic amines) is 1. The van der Waals surface area contributed by atoms with Crippen LogP contribution in [0.3, 0.4) is 0 Å². The molecule has 2 aliphatic rings. The lowest BCUT2D eigenvalue weighted by atomic mass is 9.77. The van der Waals surface area contributed by atoms with Gasteiger partial charge in [-0.25, -0.2) is 14.0 Å². The maximum Gasteiger partial charge on any atom is 0.327 e. The number of Topliss-reactive ketones (excluding diaryl/α,β-unsaturated/α-hetero) is 1. The van der Waals surface area contributed by atoms with Crippen LogP contribution in [0.15, 0.2) is 60.7 Å². The fourth-order valence-corrected chi connectivity index (χ4v) is 6.56. The van der Waals surface area contributed by atoms with Gasteiger partial charge in [0.05, 0.1) is 41.5 Å². The third-order valence-corrected chi connectivity index (χ3v) is 8.48. The van der Waals surface area contributed by atoms with Gasteiger partial charge >= 0.3 is 12.0 Å². The fourth-order valence-electron chi connectivity index (χ4n) is 5.52. The van der Waals surface area contributed by atoms with E-state index in [1.165, 1.54) is 41.2 Å². The number of rotatable bonds is 6. The van der Waals surface area contributed by atoms with Gasteiger partial charge in [-0.1, -0.05) is 35.9 Å². The molecule has 39 heavy (non-hydrogen) atoms. The van der Waals surface area contributed by atoms with E-state index in [2.05, 4.69) is 0 Å². The maximum atomic E-state index is 14.2. The number of carboxylic acid groups (broad SMARTS) is 1. The average molecular weight is 573 g/mol. The van der Waals surface area contributed by atoms with Gasteiger partial charge < -0.3 is 24.4 Å². The third-order valence-electron chi connectivity index (χ3n) is 7.23. The van der Waals surface area contributed by atoms with E-state index >= 15 is 0 Å². The molecule has 3 aromatic rings. The Labute approximate surface area is 233 Å². The summed E-state index contributed by atoms with van der Waals surface area (Å²) in [6.45, 7) is 1.18. The van der Waals surface area contributed by atoms with Crippen molar-refractivity contribution >= 4 is 40.7 Å². The molecule has 0 spiro atoms. The Morgan fingerprint density at radius 2 is 1.77 bits per heavy atom. The number of methoxy groups -OCH3 is 1. The van der Waals surface area contributed by atoms with Gasteiger partial charge in [-0.3, -0.25) is 4.79 Å². The number of thiophene rings is 1. The second-order valence-electron chi connectivity index (χ2n) is 9.36. The number of halogens is 2. The van der Waals surface area contributed by atoms with Crippen molar-refractivity contribution in [3.63, 3.8) is 0 Å². The minimum atomic E-state index is -1.40. The predicted octanol–water partition coefficient (Wildman–Crippen LogP) is 5.09. The first-order valence-corrected chi connectivity index (χ1v) is 13.6. The molecule has 1 N–H and O–H groups in total. The predicted molar refractivity (Wildman–Crippen MR) is 143 cm³/mol. The molecule has 3 heterocycles. The normalized spacial score (nSPS) is 23.1. The van der Waals surface area contributed by atoms with Crippen molar-refractivity contribution in [1.29, 1.82) is 0 Å². The van der Waals surface area contributed by atoms with Gasteiger partial charge in [0.15, 0.2) is 5.78 Å². The minimum absolute atomic E-state index is 0.279. The molecule has 0 aliphatic carbocycles. The monoisotopic (exact) mass is 572 g/mol. The molecule has 0 radical (unpaired) electrons. The summed E-state index contributed by atoms with van der Waals surface area (Å²) in [6, 6.07) is 12.6. The number of carbonyl (C=O) groups is 3. The van der Waals surface area contributed by atoms with Crippen molar-refractivity contribution in [3.8, 4) is 5.75 Å². The summed E-state index contributed by atoms with van der Waals surface area (Å²) in [5, 5.41) is 10.6. The lowest BCUT2D eigenvalue weighted by Gasteiger charge is -2.36. The van der Waals surface area contributed by atoms with E-state index in [1.807, 2.05) is 0 Å². The highest BCUT2D eigenvalue weighted by Gasteiger charge is 2.58. The van der Waals surface area contributed by atoms with E-state index in [1.54, 1.807) is 36.4 Å². The van der Waals surface area contributed by atoms with Crippen LogP contribution < -0.4 is 4.74 Å². The number of urea groups is 1. The number of amides is 2. The largest absolute Gasteiger partial charge is 0.497 e. The zero-order valence-corrected chi connectivity index (χ0v) is 22.5. The molecule has 4 unspecified atom stereocenters. The van der Waals surface area contributed by atoms with Crippen molar-refractivity contribution in [1.82, 2.24) is 9.80 Å². The van der Waals surface area contributed by atoms with Crippen LogP contribution in [0.4, 0.5) is 9.18 Å². The molecular weight excluding hydrogens is 547 g/mol. The summed E-state index contributed by atoms with van der Waals surface area (Å²) >= 11 is 7.25. The van der Waals surface area contributed by atoms with Crippen LogP contribution in [0, 0.1) is 11.7 Å². The van der Waals surface area contributed by atoms with Crippen molar-refractivity contribution in [2.45, 2.75) is 18.0 Å². The third kappa shape index (κ3) is 5.24. The Bertz CT molecular complexity index is 1380. The Hall–Kier alpha value is -3.47. The summed E-state index contributed by atoms with van der Waals surface area (Å²) in [6.07, 6.45) is 0. The molecule has 11 heteroatoms.